The smallest absolute Gasteiger partial charge is 0.338 e. The van der Waals surface area contributed by atoms with E-state index in [1.807, 2.05) is 0 Å². The molecule has 1 aromatic rings. The molecule has 1 saturated heterocycles. The molecule has 0 unspecified atom stereocenters. The predicted octanol–water partition coefficient (Wildman–Crippen LogP) is 1.80. The largest absolute Gasteiger partial charge is 0.452 e. The van der Waals surface area contributed by atoms with Crippen LogP contribution in [0.4, 0.5) is 0 Å². The molecule has 136 valence electrons. The summed E-state index contributed by atoms with van der Waals surface area (Å²) in [6, 6.07) is 8.27. The van der Waals surface area contributed by atoms with Crippen LogP contribution in [0.25, 0.3) is 0 Å². The van der Waals surface area contributed by atoms with Crippen molar-refractivity contribution in [2.45, 2.75) is 44.2 Å². The Balaban J connectivity index is 1.66. The SMILES string of the molecule is O=C(OCC(=O)N(C1CCCC1)[C@H]1CCS(=O)(=O)C1)c1ccccc1. The van der Waals surface area contributed by atoms with Crippen molar-refractivity contribution >= 4 is 21.7 Å². The second kappa shape index (κ2) is 7.56. The number of hydrogen-bond acceptors (Lipinski definition) is 5. The van der Waals surface area contributed by atoms with E-state index in [1.165, 1.54) is 0 Å². The summed E-state index contributed by atoms with van der Waals surface area (Å²) in [5.41, 5.74) is 0.395. The van der Waals surface area contributed by atoms with Gasteiger partial charge in [0.2, 0.25) is 0 Å². The molecule has 6 nitrogen and oxygen atoms in total. The van der Waals surface area contributed by atoms with Crippen LogP contribution in [0.1, 0.15) is 42.5 Å². The molecule has 7 heteroatoms. The lowest BCUT2D eigenvalue weighted by Gasteiger charge is -2.33. The Hall–Kier alpha value is -1.89. The van der Waals surface area contributed by atoms with Crippen LogP contribution in [0.5, 0.6) is 0 Å². The van der Waals surface area contributed by atoms with Crippen molar-refractivity contribution in [1.29, 1.82) is 0 Å². The Morgan fingerprint density at radius 1 is 1.04 bits per heavy atom. The molecule has 0 radical (unpaired) electrons. The minimum Gasteiger partial charge on any atom is -0.452 e. The number of rotatable bonds is 5. The van der Waals surface area contributed by atoms with Gasteiger partial charge in [-0.25, -0.2) is 13.2 Å². The summed E-state index contributed by atoms with van der Waals surface area (Å²) < 4.78 is 28.8. The summed E-state index contributed by atoms with van der Waals surface area (Å²) in [7, 11) is -3.08. The first-order chi connectivity index (χ1) is 12.0. The number of amides is 1. The number of esters is 1. The molecule has 0 N–H and O–H groups in total. The van der Waals surface area contributed by atoms with Crippen LogP contribution in [0, 0.1) is 0 Å². The zero-order chi connectivity index (χ0) is 17.9. The molecule has 0 bridgehead atoms. The van der Waals surface area contributed by atoms with E-state index in [4.69, 9.17) is 4.74 Å². The van der Waals surface area contributed by atoms with Crippen LogP contribution >= 0.6 is 0 Å². The van der Waals surface area contributed by atoms with E-state index >= 15 is 0 Å². The summed E-state index contributed by atoms with van der Waals surface area (Å²) in [6.07, 6.45) is 4.32. The summed E-state index contributed by atoms with van der Waals surface area (Å²) in [4.78, 5) is 26.4. The van der Waals surface area contributed by atoms with E-state index in [-0.39, 0.29) is 36.1 Å². The zero-order valence-electron chi connectivity index (χ0n) is 14.1. The van der Waals surface area contributed by atoms with Crippen LogP contribution in [0.3, 0.4) is 0 Å². The van der Waals surface area contributed by atoms with Crippen molar-refractivity contribution in [3.8, 4) is 0 Å². The molecule has 25 heavy (non-hydrogen) atoms. The summed E-state index contributed by atoms with van der Waals surface area (Å²) in [5, 5.41) is 0. The molecule has 1 saturated carbocycles. The van der Waals surface area contributed by atoms with Gasteiger partial charge in [0.1, 0.15) is 0 Å². The van der Waals surface area contributed by atoms with Crippen molar-refractivity contribution in [3.05, 3.63) is 35.9 Å². The van der Waals surface area contributed by atoms with E-state index in [2.05, 4.69) is 0 Å². The van der Waals surface area contributed by atoms with Crippen LogP contribution in [-0.4, -0.2) is 55.4 Å². The zero-order valence-corrected chi connectivity index (χ0v) is 14.9. The highest BCUT2D eigenvalue weighted by molar-refractivity contribution is 7.91. The molecule has 0 aromatic heterocycles. The number of nitrogens with zero attached hydrogens (tertiary/aromatic N) is 1. The van der Waals surface area contributed by atoms with Crippen molar-refractivity contribution in [3.63, 3.8) is 0 Å². The van der Waals surface area contributed by atoms with E-state index < -0.39 is 15.8 Å². The first-order valence-electron chi connectivity index (χ1n) is 8.70. The topological polar surface area (TPSA) is 80.8 Å². The third-order valence-electron chi connectivity index (χ3n) is 4.94. The third kappa shape index (κ3) is 4.39. The van der Waals surface area contributed by atoms with Gasteiger partial charge in [0.25, 0.3) is 5.91 Å². The average molecular weight is 365 g/mol. The number of benzene rings is 1. The molecule has 2 aliphatic rings. The summed E-state index contributed by atoms with van der Waals surface area (Å²) in [6.45, 7) is -0.346. The van der Waals surface area contributed by atoms with E-state index in [0.717, 1.165) is 25.7 Å². The lowest BCUT2D eigenvalue weighted by Crippen LogP contribution is -2.48. The van der Waals surface area contributed by atoms with Gasteiger partial charge >= 0.3 is 5.97 Å². The number of carbonyl (C=O) groups is 2. The fourth-order valence-corrected chi connectivity index (χ4v) is 5.45. The van der Waals surface area contributed by atoms with Gasteiger partial charge in [-0.15, -0.1) is 0 Å². The minimum absolute atomic E-state index is 0.0157. The quantitative estimate of drug-likeness (QED) is 0.743. The minimum atomic E-state index is -3.08. The van der Waals surface area contributed by atoms with Gasteiger partial charge in [-0.2, -0.15) is 0 Å². The first-order valence-corrected chi connectivity index (χ1v) is 10.5. The average Bonchev–Trinajstić information content (AvgIpc) is 3.24. The highest BCUT2D eigenvalue weighted by Crippen LogP contribution is 2.29. The van der Waals surface area contributed by atoms with Gasteiger partial charge < -0.3 is 9.64 Å². The van der Waals surface area contributed by atoms with Crippen LogP contribution < -0.4 is 0 Å². The monoisotopic (exact) mass is 365 g/mol. The Bertz CT molecular complexity index is 725. The second-order valence-corrected chi connectivity index (χ2v) is 8.97. The van der Waals surface area contributed by atoms with Crippen LogP contribution in [-0.2, 0) is 19.4 Å². The molecule has 2 fully saturated rings. The molecule has 3 rings (SSSR count). The highest BCUT2D eigenvalue weighted by atomic mass is 32.2. The second-order valence-electron chi connectivity index (χ2n) is 6.74. The van der Waals surface area contributed by atoms with Gasteiger partial charge in [0.15, 0.2) is 16.4 Å². The maximum atomic E-state index is 12.7. The van der Waals surface area contributed by atoms with Crippen molar-refractivity contribution in [2.75, 3.05) is 18.1 Å². The van der Waals surface area contributed by atoms with Crippen LogP contribution in [0.15, 0.2) is 30.3 Å². The van der Waals surface area contributed by atoms with Crippen molar-refractivity contribution in [1.82, 2.24) is 4.90 Å². The highest BCUT2D eigenvalue weighted by Gasteiger charge is 2.39. The molecular formula is C18H23NO5S. The standard InChI is InChI=1S/C18H23NO5S/c20-17(12-24-18(21)14-6-2-1-3-7-14)19(15-8-4-5-9-15)16-10-11-25(22,23)13-16/h1-3,6-7,15-16H,4-5,8-13H2/t16-/m0/s1. The number of hydrogen-bond donors (Lipinski definition) is 0. The number of carbonyl (C=O) groups excluding carboxylic acids is 2. The predicted molar refractivity (Wildman–Crippen MR) is 92.9 cm³/mol. The molecule has 1 aliphatic heterocycles. The lowest BCUT2D eigenvalue weighted by atomic mass is 10.1. The summed E-state index contributed by atoms with van der Waals surface area (Å²) in [5.74, 6) is -0.697. The first kappa shape index (κ1) is 17.9. The van der Waals surface area contributed by atoms with Crippen LogP contribution in [0.2, 0.25) is 0 Å². The van der Waals surface area contributed by atoms with E-state index in [9.17, 15) is 18.0 Å². The Kier molecular flexibility index (Phi) is 5.42. The molecule has 1 heterocycles. The van der Waals surface area contributed by atoms with Crippen molar-refractivity contribution in [2.24, 2.45) is 0 Å². The molecule has 1 aromatic carbocycles. The van der Waals surface area contributed by atoms with Crippen molar-refractivity contribution < 1.29 is 22.7 Å². The normalized spacial score (nSPS) is 22.6. The molecule has 0 spiro atoms. The lowest BCUT2D eigenvalue weighted by molar-refractivity contribution is -0.139. The van der Waals surface area contributed by atoms with E-state index in [1.54, 1.807) is 35.2 Å². The third-order valence-corrected chi connectivity index (χ3v) is 6.69. The van der Waals surface area contributed by atoms with Gasteiger partial charge in [-0.1, -0.05) is 31.0 Å². The Labute approximate surface area is 148 Å². The Morgan fingerprint density at radius 2 is 1.72 bits per heavy atom. The molecular weight excluding hydrogens is 342 g/mol. The fraction of sp³-hybridized carbons (Fsp3) is 0.556. The molecule has 1 amide bonds. The number of sulfone groups is 1. The summed E-state index contributed by atoms with van der Waals surface area (Å²) >= 11 is 0. The van der Waals surface area contributed by atoms with Gasteiger partial charge in [0.05, 0.1) is 17.1 Å². The molecule has 1 aliphatic carbocycles. The van der Waals surface area contributed by atoms with E-state index in [0.29, 0.717) is 12.0 Å². The number of ether oxygens (including phenoxy) is 1. The maximum absolute atomic E-state index is 12.7. The maximum Gasteiger partial charge on any atom is 0.338 e. The Morgan fingerprint density at radius 3 is 2.32 bits per heavy atom. The van der Waals surface area contributed by atoms with Gasteiger partial charge in [-0.05, 0) is 31.4 Å². The fourth-order valence-electron chi connectivity index (χ4n) is 3.74. The van der Waals surface area contributed by atoms with Gasteiger partial charge in [0, 0.05) is 12.1 Å². The van der Waals surface area contributed by atoms with Gasteiger partial charge in [-0.3, -0.25) is 4.79 Å². The molecule has 1 atom stereocenters.